The molecule has 4 nitrogen and oxygen atoms in total. The van der Waals surface area contributed by atoms with E-state index in [1.807, 2.05) is 0 Å². The summed E-state index contributed by atoms with van der Waals surface area (Å²) in [6, 6.07) is 4.56. The molecule has 0 radical (unpaired) electrons. The Hall–Kier alpha value is -1.62. The number of hydrogen-bond donors (Lipinski definition) is 1. The number of nitrogens with one attached hydrogen (secondary N) is 1. The van der Waals surface area contributed by atoms with Crippen molar-refractivity contribution in [2.24, 2.45) is 5.92 Å². The minimum Gasteiger partial charge on any atom is -0.494 e. The number of amides is 1. The third kappa shape index (κ3) is 5.50. The van der Waals surface area contributed by atoms with Crippen LogP contribution in [0.1, 0.15) is 38.2 Å². The van der Waals surface area contributed by atoms with Crippen LogP contribution in [0.4, 0.5) is 4.39 Å². The number of rotatable bonds is 7. The van der Waals surface area contributed by atoms with Crippen LogP contribution in [0.3, 0.4) is 0 Å². The van der Waals surface area contributed by atoms with Gasteiger partial charge in [-0.05, 0) is 36.5 Å². The van der Waals surface area contributed by atoms with Crippen LogP contribution >= 0.6 is 0 Å². The molecular weight excluding hydrogens is 297 g/mol. The molecule has 0 heterocycles. The van der Waals surface area contributed by atoms with E-state index in [0.717, 1.165) is 6.42 Å². The lowest BCUT2D eigenvalue weighted by Gasteiger charge is -2.28. The first kappa shape index (κ1) is 17.7. The molecule has 2 atom stereocenters. The Bertz CT molecular complexity index is 521. The van der Waals surface area contributed by atoms with Gasteiger partial charge in [0.05, 0.1) is 26.2 Å². The fraction of sp³-hybridized carbons (Fsp3) is 0.611. The molecule has 128 valence electrons. The summed E-state index contributed by atoms with van der Waals surface area (Å²) in [6.45, 7) is 3.24. The Morgan fingerprint density at radius 1 is 1.35 bits per heavy atom. The predicted octanol–water partition coefficient (Wildman–Crippen LogP) is 3.09. The highest BCUT2D eigenvalue weighted by molar-refractivity contribution is 5.78. The first-order chi connectivity index (χ1) is 11.1. The summed E-state index contributed by atoms with van der Waals surface area (Å²) in [7, 11) is 1.41. The quantitative estimate of drug-likeness (QED) is 0.785. The van der Waals surface area contributed by atoms with E-state index in [1.165, 1.54) is 38.5 Å². The Morgan fingerprint density at radius 3 is 2.83 bits per heavy atom. The van der Waals surface area contributed by atoms with E-state index in [-0.39, 0.29) is 18.1 Å². The summed E-state index contributed by atoms with van der Waals surface area (Å²) in [5.74, 6) is 0.202. The molecule has 23 heavy (non-hydrogen) atoms. The number of carbonyl (C=O) groups excluding carboxylic acids is 1. The van der Waals surface area contributed by atoms with Crippen LogP contribution in [-0.4, -0.2) is 32.3 Å². The molecule has 1 amide bonds. The smallest absolute Gasteiger partial charge is 0.224 e. The zero-order valence-electron chi connectivity index (χ0n) is 13.9. The Morgan fingerprint density at radius 2 is 2.13 bits per heavy atom. The van der Waals surface area contributed by atoms with E-state index in [0.29, 0.717) is 30.7 Å². The molecule has 0 saturated heterocycles. The van der Waals surface area contributed by atoms with E-state index >= 15 is 0 Å². The van der Waals surface area contributed by atoms with E-state index in [9.17, 15) is 9.18 Å². The van der Waals surface area contributed by atoms with Crippen molar-refractivity contribution < 1.29 is 18.7 Å². The molecule has 0 bridgehead atoms. The summed E-state index contributed by atoms with van der Waals surface area (Å²) < 4.78 is 24.3. The number of ether oxygens (including phenoxy) is 2. The number of methoxy groups -OCH3 is 1. The zero-order chi connectivity index (χ0) is 16.7. The van der Waals surface area contributed by atoms with Gasteiger partial charge >= 0.3 is 0 Å². The van der Waals surface area contributed by atoms with Gasteiger partial charge in [-0.15, -0.1) is 0 Å². The molecular formula is C18H26FNO3. The summed E-state index contributed by atoms with van der Waals surface area (Å²) in [6.07, 6.45) is 5.32. The number of benzene rings is 1. The number of hydrogen-bond acceptors (Lipinski definition) is 3. The molecule has 1 aromatic carbocycles. The van der Waals surface area contributed by atoms with Gasteiger partial charge in [0, 0.05) is 6.54 Å². The van der Waals surface area contributed by atoms with Crippen molar-refractivity contribution in [1.29, 1.82) is 0 Å². The van der Waals surface area contributed by atoms with Crippen LogP contribution in [-0.2, 0) is 16.0 Å². The maximum atomic E-state index is 13.6. The third-order valence-electron chi connectivity index (χ3n) is 4.37. The maximum Gasteiger partial charge on any atom is 0.224 e. The third-order valence-corrected chi connectivity index (χ3v) is 4.37. The standard InChI is InChI=1S/C18H26FNO3/c1-13-5-3-4-6-16(13)23-10-9-20-18(21)12-14-7-8-17(22-2)15(19)11-14/h7-8,11,13,16H,3-6,9-10,12H2,1-2H3,(H,20,21)/t13-,16+/m0/s1. The minimum absolute atomic E-state index is 0.130. The second-order valence-electron chi connectivity index (χ2n) is 6.17. The fourth-order valence-corrected chi connectivity index (χ4v) is 3.00. The predicted molar refractivity (Wildman–Crippen MR) is 87.0 cm³/mol. The summed E-state index contributed by atoms with van der Waals surface area (Å²) in [5.41, 5.74) is 0.627. The van der Waals surface area contributed by atoms with Gasteiger partial charge in [0.15, 0.2) is 11.6 Å². The number of carbonyl (C=O) groups is 1. The van der Waals surface area contributed by atoms with Crippen molar-refractivity contribution in [2.45, 2.75) is 45.1 Å². The second-order valence-corrected chi connectivity index (χ2v) is 6.17. The molecule has 1 saturated carbocycles. The highest BCUT2D eigenvalue weighted by Crippen LogP contribution is 2.26. The van der Waals surface area contributed by atoms with Gasteiger partial charge in [-0.3, -0.25) is 4.79 Å². The minimum atomic E-state index is -0.451. The van der Waals surface area contributed by atoms with Gasteiger partial charge in [0.1, 0.15) is 0 Å². The van der Waals surface area contributed by atoms with Gasteiger partial charge in [-0.25, -0.2) is 4.39 Å². The van der Waals surface area contributed by atoms with E-state index in [1.54, 1.807) is 6.07 Å². The van der Waals surface area contributed by atoms with Crippen LogP contribution in [0, 0.1) is 11.7 Å². The average molecular weight is 323 g/mol. The molecule has 2 rings (SSSR count). The molecule has 1 N–H and O–H groups in total. The summed E-state index contributed by atoms with van der Waals surface area (Å²) in [5, 5.41) is 2.82. The fourth-order valence-electron chi connectivity index (χ4n) is 3.00. The molecule has 1 aromatic rings. The van der Waals surface area contributed by atoms with Gasteiger partial charge in [0.25, 0.3) is 0 Å². The van der Waals surface area contributed by atoms with Crippen molar-refractivity contribution >= 4 is 5.91 Å². The van der Waals surface area contributed by atoms with Gasteiger partial charge in [-0.1, -0.05) is 25.8 Å². The Balaban J connectivity index is 1.68. The van der Waals surface area contributed by atoms with Crippen molar-refractivity contribution in [3.05, 3.63) is 29.6 Å². The highest BCUT2D eigenvalue weighted by Gasteiger charge is 2.21. The molecule has 0 spiro atoms. The first-order valence-corrected chi connectivity index (χ1v) is 8.31. The molecule has 0 unspecified atom stereocenters. The summed E-state index contributed by atoms with van der Waals surface area (Å²) in [4.78, 5) is 11.9. The highest BCUT2D eigenvalue weighted by atomic mass is 19.1. The van der Waals surface area contributed by atoms with Crippen LogP contribution in [0.5, 0.6) is 5.75 Å². The van der Waals surface area contributed by atoms with E-state index < -0.39 is 5.82 Å². The first-order valence-electron chi connectivity index (χ1n) is 8.31. The zero-order valence-corrected chi connectivity index (χ0v) is 13.9. The normalized spacial score (nSPS) is 21.0. The topological polar surface area (TPSA) is 47.6 Å². The van der Waals surface area contributed by atoms with Crippen molar-refractivity contribution in [3.8, 4) is 5.75 Å². The maximum absolute atomic E-state index is 13.6. The lowest BCUT2D eigenvalue weighted by atomic mass is 9.88. The monoisotopic (exact) mass is 323 g/mol. The second kappa shape index (κ2) is 8.87. The van der Waals surface area contributed by atoms with Crippen molar-refractivity contribution in [3.63, 3.8) is 0 Å². The molecule has 0 aliphatic heterocycles. The Labute approximate surface area is 137 Å². The van der Waals surface area contributed by atoms with Crippen LogP contribution in [0.2, 0.25) is 0 Å². The van der Waals surface area contributed by atoms with Crippen molar-refractivity contribution in [2.75, 3.05) is 20.3 Å². The van der Waals surface area contributed by atoms with Gasteiger partial charge < -0.3 is 14.8 Å². The molecule has 1 aliphatic carbocycles. The molecule has 0 aromatic heterocycles. The van der Waals surface area contributed by atoms with Crippen LogP contribution < -0.4 is 10.1 Å². The number of halogens is 1. The SMILES string of the molecule is COc1ccc(CC(=O)NCCO[C@@H]2CCCC[C@@H]2C)cc1F. The lowest BCUT2D eigenvalue weighted by molar-refractivity contribution is -0.120. The van der Waals surface area contributed by atoms with Crippen LogP contribution in [0.25, 0.3) is 0 Å². The molecule has 1 fully saturated rings. The van der Waals surface area contributed by atoms with E-state index in [4.69, 9.17) is 9.47 Å². The van der Waals surface area contributed by atoms with Crippen molar-refractivity contribution in [1.82, 2.24) is 5.32 Å². The van der Waals surface area contributed by atoms with Gasteiger partial charge in [0.2, 0.25) is 5.91 Å². The van der Waals surface area contributed by atoms with E-state index in [2.05, 4.69) is 12.2 Å². The van der Waals surface area contributed by atoms with Crippen LogP contribution in [0.15, 0.2) is 18.2 Å². The molecule has 1 aliphatic rings. The Kier molecular flexibility index (Phi) is 6.84. The largest absolute Gasteiger partial charge is 0.494 e. The average Bonchev–Trinajstić information content (AvgIpc) is 2.53. The van der Waals surface area contributed by atoms with Gasteiger partial charge in [-0.2, -0.15) is 0 Å². The summed E-state index contributed by atoms with van der Waals surface area (Å²) >= 11 is 0. The molecule has 5 heteroatoms. The lowest BCUT2D eigenvalue weighted by Crippen LogP contribution is -2.32.